The summed E-state index contributed by atoms with van der Waals surface area (Å²) in [6.07, 6.45) is 0.247. The minimum atomic E-state index is -0.342. The molecule has 2 aromatic carbocycles. The molecule has 0 aliphatic carbocycles. The van der Waals surface area contributed by atoms with E-state index in [2.05, 4.69) is 20.8 Å². The zero-order chi connectivity index (χ0) is 24.0. The Hall–Kier alpha value is -3.04. The van der Waals surface area contributed by atoms with E-state index >= 15 is 0 Å². The summed E-state index contributed by atoms with van der Waals surface area (Å²) < 4.78 is 6.91. The molecule has 8 nitrogen and oxygen atoms in total. The van der Waals surface area contributed by atoms with Crippen molar-refractivity contribution in [2.24, 2.45) is 7.05 Å². The third kappa shape index (κ3) is 6.72. The number of hydrogen-bond donors (Lipinski definition) is 2. The lowest BCUT2D eigenvalue weighted by Crippen LogP contribution is -2.29. The number of aromatic nitrogens is 3. The van der Waals surface area contributed by atoms with E-state index < -0.39 is 0 Å². The molecule has 1 heterocycles. The largest absolute Gasteiger partial charge is 0.497 e. The standard InChI is InChI=1S/C23H26ClN5O3S/c1-14-5-8-17(12-19(14)24)26-21(31)13-33-23-28-27-22(29(23)3)15(2)25-20(30)11-16-6-9-18(32-4)10-7-16/h5-10,12,15H,11,13H2,1-4H3,(H,25,30)(H,26,31)/t15-/m1/s1. The number of carbonyl (C=O) groups is 2. The minimum Gasteiger partial charge on any atom is -0.497 e. The topological polar surface area (TPSA) is 98.1 Å². The number of halogens is 1. The normalized spacial score (nSPS) is 11.7. The van der Waals surface area contributed by atoms with Crippen molar-refractivity contribution in [2.45, 2.75) is 31.5 Å². The molecule has 2 amide bonds. The Kier molecular flexibility index (Phi) is 8.35. The van der Waals surface area contributed by atoms with Crippen LogP contribution >= 0.6 is 23.4 Å². The number of nitrogens with zero attached hydrogens (tertiary/aromatic N) is 3. The van der Waals surface area contributed by atoms with E-state index in [1.807, 2.05) is 44.2 Å². The van der Waals surface area contributed by atoms with E-state index in [-0.39, 0.29) is 30.0 Å². The Morgan fingerprint density at radius 3 is 2.55 bits per heavy atom. The predicted octanol–water partition coefficient (Wildman–Crippen LogP) is 3.94. The number of rotatable bonds is 9. The van der Waals surface area contributed by atoms with Gasteiger partial charge in [-0.2, -0.15) is 0 Å². The van der Waals surface area contributed by atoms with Crippen LogP contribution in [-0.4, -0.2) is 39.4 Å². The average Bonchev–Trinajstić information content (AvgIpc) is 3.15. The summed E-state index contributed by atoms with van der Waals surface area (Å²) in [7, 11) is 3.41. The highest BCUT2D eigenvalue weighted by atomic mass is 35.5. The van der Waals surface area contributed by atoms with E-state index in [0.717, 1.165) is 16.9 Å². The van der Waals surface area contributed by atoms with Gasteiger partial charge in [-0.05, 0) is 49.2 Å². The Labute approximate surface area is 202 Å². The molecule has 0 aliphatic rings. The highest BCUT2D eigenvalue weighted by Crippen LogP contribution is 2.22. The summed E-state index contributed by atoms with van der Waals surface area (Å²) >= 11 is 7.37. The second-order valence-corrected chi connectivity index (χ2v) is 8.86. The number of nitrogens with one attached hydrogen (secondary N) is 2. The Morgan fingerprint density at radius 1 is 1.15 bits per heavy atom. The van der Waals surface area contributed by atoms with E-state index in [9.17, 15) is 9.59 Å². The van der Waals surface area contributed by atoms with Crippen LogP contribution in [0.15, 0.2) is 47.6 Å². The Bertz CT molecular complexity index is 1130. The quantitative estimate of drug-likeness (QED) is 0.444. The lowest BCUT2D eigenvalue weighted by atomic mass is 10.1. The summed E-state index contributed by atoms with van der Waals surface area (Å²) in [5.41, 5.74) is 2.47. The molecule has 0 spiro atoms. The molecular formula is C23H26ClN5O3S. The fourth-order valence-electron chi connectivity index (χ4n) is 3.11. The smallest absolute Gasteiger partial charge is 0.234 e. The third-order valence-electron chi connectivity index (χ3n) is 4.95. The first kappa shape index (κ1) is 24.6. The van der Waals surface area contributed by atoms with Crippen molar-refractivity contribution in [3.63, 3.8) is 0 Å². The second kappa shape index (κ2) is 11.2. The molecule has 1 atom stereocenters. The van der Waals surface area contributed by atoms with Crippen LogP contribution in [0.25, 0.3) is 0 Å². The van der Waals surface area contributed by atoms with Crippen LogP contribution in [0.4, 0.5) is 5.69 Å². The van der Waals surface area contributed by atoms with Crippen molar-refractivity contribution in [3.05, 3.63) is 64.4 Å². The fraction of sp³-hybridized carbons (Fsp3) is 0.304. The van der Waals surface area contributed by atoms with Crippen LogP contribution in [0.3, 0.4) is 0 Å². The van der Waals surface area contributed by atoms with Gasteiger partial charge in [0.2, 0.25) is 11.8 Å². The molecule has 10 heteroatoms. The van der Waals surface area contributed by atoms with Crippen molar-refractivity contribution in [3.8, 4) is 5.75 Å². The number of hydrogen-bond acceptors (Lipinski definition) is 6. The van der Waals surface area contributed by atoms with Gasteiger partial charge in [0.25, 0.3) is 0 Å². The highest BCUT2D eigenvalue weighted by molar-refractivity contribution is 7.99. The molecule has 174 valence electrons. The van der Waals surface area contributed by atoms with Gasteiger partial charge in [0.05, 0.1) is 25.3 Å². The second-order valence-electron chi connectivity index (χ2n) is 7.51. The molecule has 0 bridgehead atoms. The molecule has 1 aromatic heterocycles. The molecule has 2 N–H and O–H groups in total. The van der Waals surface area contributed by atoms with Crippen molar-refractivity contribution >= 4 is 40.9 Å². The monoisotopic (exact) mass is 487 g/mol. The minimum absolute atomic E-state index is 0.124. The Balaban J connectivity index is 1.52. The summed E-state index contributed by atoms with van der Waals surface area (Å²) in [5.74, 6) is 1.21. The highest BCUT2D eigenvalue weighted by Gasteiger charge is 2.18. The fourth-order valence-corrected chi connectivity index (χ4v) is 4.01. The molecule has 0 aliphatic heterocycles. The maximum absolute atomic E-state index is 12.4. The van der Waals surface area contributed by atoms with Gasteiger partial charge in [-0.3, -0.25) is 9.59 Å². The van der Waals surface area contributed by atoms with Crippen molar-refractivity contribution < 1.29 is 14.3 Å². The number of methoxy groups -OCH3 is 1. The molecule has 33 heavy (non-hydrogen) atoms. The van der Waals surface area contributed by atoms with Gasteiger partial charge in [-0.15, -0.1) is 10.2 Å². The maximum Gasteiger partial charge on any atom is 0.234 e. The van der Waals surface area contributed by atoms with Crippen LogP contribution in [0.2, 0.25) is 5.02 Å². The summed E-state index contributed by atoms with van der Waals surface area (Å²) in [5, 5.41) is 15.3. The van der Waals surface area contributed by atoms with Gasteiger partial charge in [0.1, 0.15) is 5.75 Å². The van der Waals surface area contributed by atoms with Gasteiger partial charge in [-0.1, -0.05) is 41.6 Å². The van der Waals surface area contributed by atoms with E-state index in [1.165, 1.54) is 11.8 Å². The third-order valence-corrected chi connectivity index (χ3v) is 6.37. The SMILES string of the molecule is COc1ccc(CC(=O)N[C@H](C)c2nnc(SCC(=O)Nc3ccc(C)c(Cl)c3)n2C)cc1. The molecule has 0 saturated carbocycles. The van der Waals surface area contributed by atoms with Gasteiger partial charge in [0, 0.05) is 17.8 Å². The zero-order valence-corrected chi connectivity index (χ0v) is 20.5. The molecule has 3 rings (SSSR count). The summed E-state index contributed by atoms with van der Waals surface area (Å²) in [4.78, 5) is 24.7. The first-order valence-electron chi connectivity index (χ1n) is 10.3. The molecule has 3 aromatic rings. The number of ether oxygens (including phenoxy) is 1. The van der Waals surface area contributed by atoms with Crippen LogP contribution in [0.5, 0.6) is 5.75 Å². The number of benzene rings is 2. The van der Waals surface area contributed by atoms with Crippen LogP contribution in [-0.2, 0) is 23.1 Å². The van der Waals surface area contributed by atoms with Crippen molar-refractivity contribution in [1.82, 2.24) is 20.1 Å². The number of aryl methyl sites for hydroxylation is 1. The molecule has 0 saturated heterocycles. The lowest BCUT2D eigenvalue weighted by Gasteiger charge is -2.14. The number of anilines is 1. The zero-order valence-electron chi connectivity index (χ0n) is 18.9. The first-order valence-corrected chi connectivity index (χ1v) is 11.6. The maximum atomic E-state index is 12.4. The molecule has 0 unspecified atom stereocenters. The summed E-state index contributed by atoms with van der Waals surface area (Å²) in [6, 6.07) is 12.4. The van der Waals surface area contributed by atoms with E-state index in [1.54, 1.807) is 30.9 Å². The number of amides is 2. The predicted molar refractivity (Wildman–Crippen MR) is 130 cm³/mol. The summed E-state index contributed by atoms with van der Waals surface area (Å²) in [6.45, 7) is 3.75. The van der Waals surface area contributed by atoms with Gasteiger partial charge in [-0.25, -0.2) is 0 Å². The van der Waals surface area contributed by atoms with Gasteiger partial charge < -0.3 is 19.9 Å². The molecular weight excluding hydrogens is 462 g/mol. The van der Waals surface area contributed by atoms with E-state index in [4.69, 9.17) is 16.3 Å². The lowest BCUT2D eigenvalue weighted by molar-refractivity contribution is -0.121. The van der Waals surface area contributed by atoms with Crippen molar-refractivity contribution in [1.29, 1.82) is 0 Å². The number of carbonyl (C=O) groups excluding carboxylic acids is 2. The Morgan fingerprint density at radius 2 is 1.88 bits per heavy atom. The number of thioether (sulfide) groups is 1. The molecule has 0 fully saturated rings. The molecule has 0 radical (unpaired) electrons. The van der Waals surface area contributed by atoms with Gasteiger partial charge in [0.15, 0.2) is 11.0 Å². The van der Waals surface area contributed by atoms with Crippen LogP contribution < -0.4 is 15.4 Å². The van der Waals surface area contributed by atoms with Crippen molar-refractivity contribution in [2.75, 3.05) is 18.2 Å². The van der Waals surface area contributed by atoms with E-state index in [0.29, 0.717) is 21.7 Å². The van der Waals surface area contributed by atoms with Gasteiger partial charge >= 0.3 is 0 Å². The average molecular weight is 488 g/mol. The first-order chi connectivity index (χ1) is 15.8. The van der Waals surface area contributed by atoms with Crippen LogP contribution in [0.1, 0.15) is 29.9 Å². The van der Waals surface area contributed by atoms with Crippen LogP contribution in [0, 0.1) is 6.92 Å².